The second-order valence-electron chi connectivity index (χ2n) is 6.67. The van der Waals surface area contributed by atoms with Crippen LogP contribution in [0.3, 0.4) is 0 Å². The number of nitrogens with one attached hydrogen (secondary N) is 1. The molecule has 9 heteroatoms. The fourth-order valence-electron chi connectivity index (χ4n) is 3.26. The van der Waals surface area contributed by atoms with Crippen molar-refractivity contribution in [2.75, 3.05) is 25.4 Å². The van der Waals surface area contributed by atoms with Crippen LogP contribution in [0, 0.1) is 11.7 Å². The molecule has 2 atom stereocenters. The minimum atomic E-state index is -3.68. The molecule has 0 spiro atoms. The van der Waals surface area contributed by atoms with Gasteiger partial charge in [0.15, 0.2) is 9.84 Å². The largest absolute Gasteiger partial charge is 0.333 e. The molecule has 1 saturated heterocycles. The normalized spacial score (nSPS) is 18.2. The summed E-state index contributed by atoms with van der Waals surface area (Å²) < 4.78 is 38.2. The lowest BCUT2D eigenvalue weighted by molar-refractivity contribution is -0.137. The lowest BCUT2D eigenvalue weighted by Gasteiger charge is -2.37. The Morgan fingerprint density at radius 2 is 2.04 bits per heavy atom. The van der Waals surface area contributed by atoms with Crippen molar-refractivity contribution < 1.29 is 17.6 Å². The molecule has 1 fully saturated rings. The Morgan fingerprint density at radius 3 is 2.68 bits per heavy atom. The van der Waals surface area contributed by atoms with E-state index in [-0.39, 0.29) is 35.0 Å². The summed E-state index contributed by atoms with van der Waals surface area (Å²) in [6.07, 6.45) is 3.39. The van der Waals surface area contributed by atoms with E-state index in [0.717, 1.165) is 17.7 Å². The van der Waals surface area contributed by atoms with Crippen LogP contribution in [0.2, 0.25) is 0 Å². The van der Waals surface area contributed by atoms with Gasteiger partial charge in [-0.05, 0) is 35.9 Å². The first-order valence-electron chi connectivity index (χ1n) is 8.78. The molecule has 28 heavy (non-hydrogen) atoms. The summed E-state index contributed by atoms with van der Waals surface area (Å²) in [7, 11) is -3.68. The standard InChI is InChI=1S/C19H22FN3O3S.ClH/c1-14(13-27(25,26)17-6-4-16(20)5-7-17)19(24)23-10-9-22-12-18(23)15-3-2-8-21-11-15;/h2-8,11,14,18,22H,9-10,12-13H2,1H3;1H. The van der Waals surface area contributed by atoms with Crippen molar-refractivity contribution in [3.05, 3.63) is 60.2 Å². The fourth-order valence-corrected chi connectivity index (χ4v) is 4.80. The Kier molecular flexibility index (Phi) is 7.51. The van der Waals surface area contributed by atoms with E-state index in [0.29, 0.717) is 19.6 Å². The van der Waals surface area contributed by atoms with E-state index in [2.05, 4.69) is 10.3 Å². The molecule has 1 aromatic heterocycles. The number of pyridine rings is 1. The van der Waals surface area contributed by atoms with Crippen LogP contribution >= 0.6 is 12.4 Å². The summed E-state index contributed by atoms with van der Waals surface area (Å²) in [5, 5.41) is 3.26. The third-order valence-corrected chi connectivity index (χ3v) is 6.59. The van der Waals surface area contributed by atoms with Crippen molar-refractivity contribution >= 4 is 28.2 Å². The molecule has 6 nitrogen and oxygen atoms in total. The number of hydrogen-bond donors (Lipinski definition) is 1. The van der Waals surface area contributed by atoms with Crippen molar-refractivity contribution in [2.45, 2.75) is 17.9 Å². The molecule has 0 bridgehead atoms. The molecule has 1 amide bonds. The highest BCUT2D eigenvalue weighted by molar-refractivity contribution is 7.91. The first kappa shape index (κ1) is 22.3. The van der Waals surface area contributed by atoms with Gasteiger partial charge in [0.2, 0.25) is 5.91 Å². The molecule has 0 saturated carbocycles. The summed E-state index contributed by atoms with van der Waals surface area (Å²) in [5.41, 5.74) is 0.909. The number of carbonyl (C=O) groups is 1. The summed E-state index contributed by atoms with van der Waals surface area (Å²) in [6.45, 7) is 3.36. The molecule has 1 aromatic carbocycles. The predicted molar refractivity (Wildman–Crippen MR) is 106 cm³/mol. The lowest BCUT2D eigenvalue weighted by Crippen LogP contribution is -2.50. The van der Waals surface area contributed by atoms with Gasteiger partial charge in [0.1, 0.15) is 5.82 Å². The first-order valence-corrected chi connectivity index (χ1v) is 10.4. The second kappa shape index (κ2) is 9.45. The Hall–Kier alpha value is -2.03. The summed E-state index contributed by atoms with van der Waals surface area (Å²) >= 11 is 0. The van der Waals surface area contributed by atoms with E-state index < -0.39 is 21.6 Å². The third kappa shape index (κ3) is 5.06. The molecule has 0 aliphatic carbocycles. The van der Waals surface area contributed by atoms with Crippen molar-refractivity contribution in [2.24, 2.45) is 5.92 Å². The maximum Gasteiger partial charge on any atom is 0.227 e. The minimum Gasteiger partial charge on any atom is -0.333 e. The van der Waals surface area contributed by atoms with Crippen molar-refractivity contribution in [1.29, 1.82) is 0 Å². The molecule has 0 radical (unpaired) electrons. The van der Waals surface area contributed by atoms with Gasteiger partial charge >= 0.3 is 0 Å². The zero-order valence-electron chi connectivity index (χ0n) is 15.4. The average molecular weight is 428 g/mol. The highest BCUT2D eigenvalue weighted by Gasteiger charge is 2.33. The van der Waals surface area contributed by atoms with Gasteiger partial charge in [0.25, 0.3) is 0 Å². The Bertz CT molecular complexity index is 894. The number of aromatic nitrogens is 1. The van der Waals surface area contributed by atoms with Crippen LogP contribution in [-0.2, 0) is 14.6 Å². The topological polar surface area (TPSA) is 79.4 Å². The van der Waals surface area contributed by atoms with E-state index in [4.69, 9.17) is 0 Å². The maximum atomic E-state index is 13.0. The van der Waals surface area contributed by atoms with Crippen molar-refractivity contribution in [1.82, 2.24) is 15.2 Å². The number of sulfone groups is 1. The SMILES string of the molecule is CC(CS(=O)(=O)c1ccc(F)cc1)C(=O)N1CCNCC1c1cccnc1.Cl. The molecule has 3 rings (SSSR count). The van der Waals surface area contributed by atoms with Crippen LogP contribution < -0.4 is 5.32 Å². The number of rotatable bonds is 5. The van der Waals surface area contributed by atoms with Gasteiger partial charge in [-0.2, -0.15) is 0 Å². The van der Waals surface area contributed by atoms with E-state index in [1.54, 1.807) is 24.2 Å². The quantitative estimate of drug-likeness (QED) is 0.740. The number of hydrogen-bond acceptors (Lipinski definition) is 5. The van der Waals surface area contributed by atoms with Crippen LogP contribution in [0.4, 0.5) is 4.39 Å². The van der Waals surface area contributed by atoms with Gasteiger partial charge in [-0.25, -0.2) is 12.8 Å². The lowest BCUT2D eigenvalue weighted by atomic mass is 10.0. The molecule has 1 N–H and O–H groups in total. The number of piperazine rings is 1. The van der Waals surface area contributed by atoms with E-state index in [9.17, 15) is 17.6 Å². The molecular formula is C19H23ClFN3O3S. The third-order valence-electron chi connectivity index (χ3n) is 4.66. The molecule has 2 heterocycles. The van der Waals surface area contributed by atoms with Gasteiger partial charge in [-0.15, -0.1) is 12.4 Å². The van der Waals surface area contributed by atoms with Crippen LogP contribution in [0.15, 0.2) is 53.7 Å². The van der Waals surface area contributed by atoms with Gasteiger partial charge in [-0.1, -0.05) is 13.0 Å². The second-order valence-corrected chi connectivity index (χ2v) is 8.71. The zero-order chi connectivity index (χ0) is 19.4. The Labute approximate surface area is 170 Å². The average Bonchev–Trinajstić information content (AvgIpc) is 2.68. The van der Waals surface area contributed by atoms with Crippen LogP contribution in [0.5, 0.6) is 0 Å². The molecular weight excluding hydrogens is 405 g/mol. The molecule has 2 unspecified atom stereocenters. The Balaban J connectivity index is 0.00000280. The minimum absolute atomic E-state index is 0. The van der Waals surface area contributed by atoms with Crippen LogP contribution in [-0.4, -0.2) is 49.6 Å². The maximum absolute atomic E-state index is 13.0. The number of halogens is 2. The van der Waals surface area contributed by atoms with Gasteiger partial charge in [0, 0.05) is 37.9 Å². The van der Waals surface area contributed by atoms with Gasteiger partial charge < -0.3 is 10.2 Å². The van der Waals surface area contributed by atoms with E-state index >= 15 is 0 Å². The van der Waals surface area contributed by atoms with Gasteiger partial charge in [-0.3, -0.25) is 9.78 Å². The molecule has 2 aromatic rings. The number of benzene rings is 1. The summed E-state index contributed by atoms with van der Waals surface area (Å²) in [6, 6.07) is 8.20. The molecule has 152 valence electrons. The van der Waals surface area contributed by atoms with Crippen molar-refractivity contribution in [3.8, 4) is 0 Å². The van der Waals surface area contributed by atoms with Gasteiger partial charge in [0.05, 0.1) is 16.7 Å². The highest BCUT2D eigenvalue weighted by atomic mass is 35.5. The zero-order valence-corrected chi connectivity index (χ0v) is 17.0. The molecule has 1 aliphatic heterocycles. The summed E-state index contributed by atoms with van der Waals surface area (Å²) in [5.74, 6) is -1.74. The van der Waals surface area contributed by atoms with Crippen LogP contribution in [0.25, 0.3) is 0 Å². The van der Waals surface area contributed by atoms with E-state index in [1.807, 2.05) is 12.1 Å². The number of amides is 1. The van der Waals surface area contributed by atoms with Crippen LogP contribution in [0.1, 0.15) is 18.5 Å². The predicted octanol–water partition coefficient (Wildman–Crippen LogP) is 2.23. The summed E-state index contributed by atoms with van der Waals surface area (Å²) in [4.78, 5) is 18.9. The smallest absolute Gasteiger partial charge is 0.227 e. The molecule has 1 aliphatic rings. The Morgan fingerprint density at radius 1 is 1.32 bits per heavy atom. The fraction of sp³-hybridized carbons (Fsp3) is 0.368. The van der Waals surface area contributed by atoms with E-state index in [1.165, 1.54) is 12.1 Å². The highest BCUT2D eigenvalue weighted by Crippen LogP contribution is 2.24. The first-order chi connectivity index (χ1) is 12.9. The number of carbonyl (C=O) groups excluding carboxylic acids is 1. The monoisotopic (exact) mass is 427 g/mol. The van der Waals surface area contributed by atoms with Crippen molar-refractivity contribution in [3.63, 3.8) is 0 Å². The number of nitrogens with zero attached hydrogens (tertiary/aromatic N) is 2.